The summed E-state index contributed by atoms with van der Waals surface area (Å²) in [5.74, 6) is -1.40. The number of carbonyl (C=O) groups excluding carboxylic acids is 2. The number of hydrogen-bond donors (Lipinski definition) is 1. The van der Waals surface area contributed by atoms with Crippen LogP contribution in [-0.2, 0) is 9.53 Å². The van der Waals surface area contributed by atoms with Crippen LogP contribution in [0.2, 0.25) is 5.02 Å². The van der Waals surface area contributed by atoms with Crippen molar-refractivity contribution in [2.75, 3.05) is 5.32 Å². The first-order chi connectivity index (χ1) is 10.4. The van der Waals surface area contributed by atoms with E-state index in [0.29, 0.717) is 11.4 Å². The van der Waals surface area contributed by atoms with Crippen LogP contribution in [0, 0.1) is 12.7 Å². The van der Waals surface area contributed by atoms with Gasteiger partial charge in [0.15, 0.2) is 6.10 Å². The summed E-state index contributed by atoms with van der Waals surface area (Å²) >= 11 is 5.62. The van der Waals surface area contributed by atoms with Crippen LogP contribution in [0.5, 0.6) is 0 Å². The Morgan fingerprint density at radius 2 is 2.09 bits per heavy atom. The average Bonchev–Trinajstić information content (AvgIpc) is 2.89. The highest BCUT2D eigenvalue weighted by Crippen LogP contribution is 2.19. The first kappa shape index (κ1) is 16.0. The van der Waals surface area contributed by atoms with Crippen molar-refractivity contribution in [3.63, 3.8) is 0 Å². The molecular formula is C15H13ClFNO4. The Bertz CT molecular complexity index is 713. The van der Waals surface area contributed by atoms with Crippen LogP contribution in [0.1, 0.15) is 23.0 Å². The van der Waals surface area contributed by atoms with Gasteiger partial charge in [0.25, 0.3) is 5.91 Å². The number of halogens is 2. The number of amides is 1. The van der Waals surface area contributed by atoms with Crippen LogP contribution in [0.15, 0.2) is 34.9 Å². The van der Waals surface area contributed by atoms with E-state index in [1.807, 2.05) is 0 Å². The third kappa shape index (κ3) is 3.65. The summed E-state index contributed by atoms with van der Waals surface area (Å²) in [5, 5.41) is 2.37. The third-order valence-corrected chi connectivity index (χ3v) is 3.21. The first-order valence-electron chi connectivity index (χ1n) is 6.39. The van der Waals surface area contributed by atoms with Crippen molar-refractivity contribution in [3.8, 4) is 0 Å². The summed E-state index contributed by atoms with van der Waals surface area (Å²) in [4.78, 5) is 23.8. The molecule has 5 nitrogen and oxygen atoms in total. The molecule has 1 N–H and O–H groups in total. The van der Waals surface area contributed by atoms with Gasteiger partial charge in [-0.2, -0.15) is 0 Å². The maximum absolute atomic E-state index is 13.0. The predicted octanol–water partition coefficient (Wildman–Crippen LogP) is 3.56. The monoisotopic (exact) mass is 325 g/mol. The number of benzene rings is 1. The van der Waals surface area contributed by atoms with Gasteiger partial charge in [0.2, 0.25) is 0 Å². The lowest BCUT2D eigenvalue weighted by molar-refractivity contribution is -0.123. The second kappa shape index (κ2) is 6.62. The Kier molecular flexibility index (Phi) is 4.82. The second-order valence-electron chi connectivity index (χ2n) is 4.56. The summed E-state index contributed by atoms with van der Waals surface area (Å²) in [6.45, 7) is 3.04. The van der Waals surface area contributed by atoms with Gasteiger partial charge in [-0.15, -0.1) is 0 Å². The first-order valence-corrected chi connectivity index (χ1v) is 6.77. The summed E-state index contributed by atoms with van der Waals surface area (Å²) in [6.07, 6.45) is 0.322. The Balaban J connectivity index is 1.98. The van der Waals surface area contributed by atoms with Gasteiger partial charge in [-0.1, -0.05) is 11.6 Å². The van der Waals surface area contributed by atoms with E-state index in [4.69, 9.17) is 20.8 Å². The minimum atomic E-state index is -1.04. The minimum Gasteiger partial charge on any atom is -0.469 e. The fourth-order valence-corrected chi connectivity index (χ4v) is 1.87. The molecule has 1 amide bonds. The summed E-state index contributed by atoms with van der Waals surface area (Å²) in [7, 11) is 0. The molecule has 2 aromatic rings. The standard InChI is InChI=1S/C15H13ClFNO4/c1-8-11(5-6-21-8)15(20)22-9(2)14(19)18-10-3-4-13(17)12(16)7-10/h3-7,9H,1-2H3,(H,18,19)/t9-/m0/s1. The van der Waals surface area contributed by atoms with Crippen molar-refractivity contribution >= 4 is 29.2 Å². The van der Waals surface area contributed by atoms with Gasteiger partial charge in [0.1, 0.15) is 17.1 Å². The quantitative estimate of drug-likeness (QED) is 0.873. The molecule has 116 valence electrons. The smallest absolute Gasteiger partial charge is 0.342 e. The van der Waals surface area contributed by atoms with Crippen LogP contribution in [0.4, 0.5) is 10.1 Å². The van der Waals surface area contributed by atoms with Crippen molar-refractivity contribution in [3.05, 3.63) is 52.7 Å². The molecule has 0 saturated heterocycles. The molecular weight excluding hydrogens is 313 g/mol. The van der Waals surface area contributed by atoms with E-state index in [2.05, 4.69) is 5.32 Å². The number of aryl methyl sites for hydroxylation is 1. The molecule has 0 aliphatic heterocycles. The minimum absolute atomic E-state index is 0.114. The van der Waals surface area contributed by atoms with Crippen LogP contribution in [-0.4, -0.2) is 18.0 Å². The van der Waals surface area contributed by atoms with Crippen molar-refractivity contribution in [1.29, 1.82) is 0 Å². The van der Waals surface area contributed by atoms with Gasteiger partial charge < -0.3 is 14.5 Å². The van der Waals surface area contributed by atoms with E-state index in [1.54, 1.807) is 6.92 Å². The number of furan rings is 1. The maximum Gasteiger partial charge on any atom is 0.342 e. The molecule has 0 radical (unpaired) electrons. The van der Waals surface area contributed by atoms with Gasteiger partial charge in [0, 0.05) is 5.69 Å². The Hall–Kier alpha value is -2.34. The molecule has 22 heavy (non-hydrogen) atoms. The number of nitrogens with one attached hydrogen (secondary N) is 1. The van der Waals surface area contributed by atoms with Gasteiger partial charge in [-0.25, -0.2) is 9.18 Å². The molecule has 7 heteroatoms. The molecule has 1 heterocycles. The largest absolute Gasteiger partial charge is 0.469 e. The van der Waals surface area contributed by atoms with E-state index < -0.39 is 23.8 Å². The van der Waals surface area contributed by atoms with E-state index >= 15 is 0 Å². The van der Waals surface area contributed by atoms with Gasteiger partial charge in [-0.3, -0.25) is 4.79 Å². The molecule has 0 spiro atoms. The number of carbonyl (C=O) groups is 2. The molecule has 0 bridgehead atoms. The number of anilines is 1. The molecule has 0 fully saturated rings. The molecule has 1 atom stereocenters. The Morgan fingerprint density at radius 3 is 2.68 bits per heavy atom. The highest BCUT2D eigenvalue weighted by molar-refractivity contribution is 6.31. The van der Waals surface area contributed by atoms with Crippen LogP contribution < -0.4 is 5.32 Å². The summed E-state index contributed by atoms with van der Waals surface area (Å²) in [6, 6.07) is 5.21. The van der Waals surface area contributed by atoms with Crippen molar-refractivity contribution < 1.29 is 23.1 Å². The molecule has 2 rings (SSSR count). The molecule has 0 aliphatic rings. The zero-order chi connectivity index (χ0) is 16.3. The lowest BCUT2D eigenvalue weighted by atomic mass is 10.2. The van der Waals surface area contributed by atoms with Crippen molar-refractivity contribution in [2.45, 2.75) is 20.0 Å². The zero-order valence-electron chi connectivity index (χ0n) is 11.9. The van der Waals surface area contributed by atoms with E-state index in [1.165, 1.54) is 31.4 Å². The Morgan fingerprint density at radius 1 is 1.36 bits per heavy atom. The molecule has 0 unspecified atom stereocenters. The van der Waals surface area contributed by atoms with E-state index in [9.17, 15) is 14.0 Å². The van der Waals surface area contributed by atoms with Crippen LogP contribution >= 0.6 is 11.6 Å². The zero-order valence-corrected chi connectivity index (χ0v) is 12.6. The second-order valence-corrected chi connectivity index (χ2v) is 4.96. The maximum atomic E-state index is 13.0. The fourth-order valence-electron chi connectivity index (χ4n) is 1.69. The number of rotatable bonds is 4. The van der Waals surface area contributed by atoms with Gasteiger partial charge >= 0.3 is 5.97 Å². The van der Waals surface area contributed by atoms with Crippen LogP contribution in [0.3, 0.4) is 0 Å². The fraction of sp³-hybridized carbons (Fsp3) is 0.200. The molecule has 1 aromatic carbocycles. The average molecular weight is 326 g/mol. The lowest BCUT2D eigenvalue weighted by Gasteiger charge is -2.13. The molecule has 0 aliphatic carbocycles. The highest BCUT2D eigenvalue weighted by atomic mass is 35.5. The van der Waals surface area contributed by atoms with E-state index in [-0.39, 0.29) is 10.6 Å². The number of ether oxygens (including phenoxy) is 1. The molecule has 1 aromatic heterocycles. The number of hydrogen-bond acceptors (Lipinski definition) is 4. The molecule has 0 saturated carbocycles. The number of esters is 1. The third-order valence-electron chi connectivity index (χ3n) is 2.92. The van der Waals surface area contributed by atoms with Crippen molar-refractivity contribution in [2.24, 2.45) is 0 Å². The highest BCUT2D eigenvalue weighted by Gasteiger charge is 2.21. The van der Waals surface area contributed by atoms with E-state index in [0.717, 1.165) is 6.07 Å². The van der Waals surface area contributed by atoms with Gasteiger partial charge in [0.05, 0.1) is 11.3 Å². The SMILES string of the molecule is Cc1occc1C(=O)O[C@@H](C)C(=O)Nc1ccc(F)c(Cl)c1. The predicted molar refractivity (Wildman–Crippen MR) is 78.4 cm³/mol. The van der Waals surface area contributed by atoms with Crippen molar-refractivity contribution in [1.82, 2.24) is 0 Å². The normalized spacial score (nSPS) is 11.8. The topological polar surface area (TPSA) is 68.5 Å². The summed E-state index contributed by atoms with van der Waals surface area (Å²) in [5.41, 5.74) is 0.559. The van der Waals surface area contributed by atoms with Gasteiger partial charge in [-0.05, 0) is 38.1 Å². The lowest BCUT2D eigenvalue weighted by Crippen LogP contribution is -2.30. The van der Waals surface area contributed by atoms with Crippen LogP contribution in [0.25, 0.3) is 0 Å². The summed E-state index contributed by atoms with van der Waals surface area (Å²) < 4.78 is 23.1. The Labute approximate surface area is 131 Å².